The van der Waals surface area contributed by atoms with E-state index >= 15 is 0 Å². The third-order valence-electron chi connectivity index (χ3n) is 4.33. The number of amides is 1. The molecule has 0 spiro atoms. The smallest absolute Gasteiger partial charge is 0.271 e. The minimum absolute atomic E-state index is 0.125. The molecule has 0 radical (unpaired) electrons. The number of hydrogen-bond donors (Lipinski definition) is 1. The maximum atomic E-state index is 12.6. The fourth-order valence-electron chi connectivity index (χ4n) is 2.94. The third-order valence-corrected chi connectivity index (χ3v) is 4.85. The van der Waals surface area contributed by atoms with E-state index in [1.165, 1.54) is 0 Å². The number of hydrogen-bond acceptors (Lipinski definition) is 4. The molecular formula is C18H16Cl2N2O3. The van der Waals surface area contributed by atoms with Gasteiger partial charge < -0.3 is 14.8 Å². The van der Waals surface area contributed by atoms with Gasteiger partial charge in [0.05, 0.1) is 11.1 Å². The first-order chi connectivity index (χ1) is 12.1. The molecule has 1 aliphatic heterocycles. The lowest BCUT2D eigenvalue weighted by Crippen LogP contribution is -2.31. The van der Waals surface area contributed by atoms with Crippen molar-refractivity contribution in [2.45, 2.75) is 18.9 Å². The van der Waals surface area contributed by atoms with E-state index in [1.807, 2.05) is 18.2 Å². The number of halogens is 2. The van der Waals surface area contributed by atoms with Crippen LogP contribution in [-0.2, 0) is 0 Å². The summed E-state index contributed by atoms with van der Waals surface area (Å²) < 4.78 is 11.2. The molecule has 1 aromatic carbocycles. The van der Waals surface area contributed by atoms with Crippen LogP contribution in [0.15, 0.2) is 30.3 Å². The maximum Gasteiger partial charge on any atom is 0.271 e. The number of pyridine rings is 1. The third kappa shape index (κ3) is 3.53. The van der Waals surface area contributed by atoms with E-state index in [1.54, 1.807) is 12.1 Å². The first-order valence-corrected chi connectivity index (χ1v) is 8.90. The maximum absolute atomic E-state index is 12.6. The second kappa shape index (κ2) is 6.73. The van der Waals surface area contributed by atoms with E-state index in [0.717, 1.165) is 24.2 Å². The topological polar surface area (TPSA) is 60.5 Å². The fourth-order valence-corrected chi connectivity index (χ4v) is 3.28. The van der Waals surface area contributed by atoms with Gasteiger partial charge in [0, 0.05) is 0 Å². The average molecular weight is 379 g/mol. The quantitative estimate of drug-likeness (QED) is 0.815. The van der Waals surface area contributed by atoms with E-state index in [0.29, 0.717) is 24.9 Å². The molecule has 0 unspecified atom stereocenters. The molecule has 7 heteroatoms. The van der Waals surface area contributed by atoms with Crippen LogP contribution >= 0.6 is 23.2 Å². The second-order valence-corrected chi connectivity index (χ2v) is 6.95. The average Bonchev–Trinajstić information content (AvgIpc) is 3.46. The summed E-state index contributed by atoms with van der Waals surface area (Å²) in [6.45, 7) is 1.08. The van der Waals surface area contributed by atoms with Crippen LogP contribution < -0.4 is 14.8 Å². The van der Waals surface area contributed by atoms with Gasteiger partial charge in [0.2, 0.25) is 0 Å². The summed E-state index contributed by atoms with van der Waals surface area (Å²) in [4.78, 5) is 16.7. The fraction of sp³-hybridized carbons (Fsp3) is 0.333. The summed E-state index contributed by atoms with van der Waals surface area (Å²) in [6, 6.07) is 8.78. The van der Waals surface area contributed by atoms with Crippen LogP contribution in [0.2, 0.25) is 10.2 Å². The molecule has 1 saturated carbocycles. The summed E-state index contributed by atoms with van der Waals surface area (Å²) in [5.41, 5.74) is 1.12. The Labute approximate surface area is 155 Å². The lowest BCUT2D eigenvalue weighted by atomic mass is 10.0. The van der Waals surface area contributed by atoms with E-state index in [9.17, 15) is 4.79 Å². The highest BCUT2D eigenvalue weighted by atomic mass is 35.5. The van der Waals surface area contributed by atoms with Crippen LogP contribution in [0, 0.1) is 5.92 Å². The highest BCUT2D eigenvalue weighted by Crippen LogP contribution is 2.43. The molecule has 2 aliphatic rings. The Morgan fingerprint density at radius 2 is 1.88 bits per heavy atom. The van der Waals surface area contributed by atoms with Crippen molar-refractivity contribution < 1.29 is 14.3 Å². The van der Waals surface area contributed by atoms with Crippen molar-refractivity contribution in [2.75, 3.05) is 13.2 Å². The molecule has 0 bridgehead atoms. The molecule has 1 atom stereocenters. The standard InChI is InChI=1S/C18H16Cl2N2O3/c19-12-4-6-15(20)21-17(12)18(23)22-16(10-1-2-10)11-3-5-13-14(9-11)25-8-7-24-13/h3-6,9-10,16H,1-2,7-8H2,(H,22,23)/t16-/m0/s1. The number of nitrogens with zero attached hydrogens (tertiary/aromatic N) is 1. The molecule has 4 rings (SSSR count). The first kappa shape index (κ1) is 16.5. The normalized spacial score (nSPS) is 17.0. The minimum atomic E-state index is -0.334. The number of carbonyl (C=O) groups excluding carboxylic acids is 1. The lowest BCUT2D eigenvalue weighted by molar-refractivity contribution is 0.0926. The van der Waals surface area contributed by atoms with Gasteiger partial charge in [-0.25, -0.2) is 4.98 Å². The van der Waals surface area contributed by atoms with Gasteiger partial charge in [-0.1, -0.05) is 29.3 Å². The van der Waals surface area contributed by atoms with Crippen LogP contribution in [0.5, 0.6) is 11.5 Å². The Morgan fingerprint density at radius 3 is 2.64 bits per heavy atom. The van der Waals surface area contributed by atoms with Gasteiger partial charge in [0.15, 0.2) is 11.5 Å². The Balaban J connectivity index is 1.60. The monoisotopic (exact) mass is 378 g/mol. The predicted molar refractivity (Wildman–Crippen MR) is 94.6 cm³/mol. The van der Waals surface area contributed by atoms with E-state index < -0.39 is 0 Å². The van der Waals surface area contributed by atoms with Crippen molar-refractivity contribution in [3.8, 4) is 11.5 Å². The molecule has 1 aliphatic carbocycles. The van der Waals surface area contributed by atoms with Gasteiger partial charge in [-0.2, -0.15) is 0 Å². The Bertz CT molecular complexity index is 824. The van der Waals surface area contributed by atoms with E-state index in [4.69, 9.17) is 32.7 Å². The molecule has 1 aromatic heterocycles. The van der Waals surface area contributed by atoms with Gasteiger partial charge in [-0.3, -0.25) is 4.79 Å². The van der Waals surface area contributed by atoms with Crippen LogP contribution in [0.1, 0.15) is 34.9 Å². The van der Waals surface area contributed by atoms with E-state index in [2.05, 4.69) is 10.3 Å². The van der Waals surface area contributed by atoms with Gasteiger partial charge in [-0.05, 0) is 48.6 Å². The van der Waals surface area contributed by atoms with Crippen LogP contribution in [0.3, 0.4) is 0 Å². The Hall–Kier alpha value is -1.98. The van der Waals surface area contributed by atoms with Gasteiger partial charge in [-0.15, -0.1) is 0 Å². The summed E-state index contributed by atoms with van der Waals surface area (Å²) in [7, 11) is 0. The predicted octanol–water partition coefficient (Wildman–Crippen LogP) is 4.04. The number of carbonyl (C=O) groups is 1. The number of benzene rings is 1. The largest absolute Gasteiger partial charge is 0.486 e. The van der Waals surface area contributed by atoms with Crippen LogP contribution in [0.25, 0.3) is 0 Å². The highest BCUT2D eigenvalue weighted by molar-refractivity contribution is 6.34. The minimum Gasteiger partial charge on any atom is -0.486 e. The Kier molecular flexibility index (Phi) is 4.44. The van der Waals surface area contributed by atoms with Crippen molar-refractivity contribution >= 4 is 29.1 Å². The number of aromatic nitrogens is 1. The summed E-state index contributed by atoms with van der Waals surface area (Å²) in [5.74, 6) is 1.50. The highest BCUT2D eigenvalue weighted by Gasteiger charge is 2.34. The molecule has 25 heavy (non-hydrogen) atoms. The first-order valence-electron chi connectivity index (χ1n) is 8.14. The van der Waals surface area contributed by atoms with Gasteiger partial charge in [0.1, 0.15) is 24.1 Å². The molecule has 130 valence electrons. The number of fused-ring (bicyclic) bond motifs is 1. The van der Waals surface area contributed by atoms with Gasteiger partial charge in [0.25, 0.3) is 5.91 Å². The molecule has 1 fully saturated rings. The second-order valence-electron chi connectivity index (χ2n) is 6.16. The van der Waals surface area contributed by atoms with E-state index in [-0.39, 0.29) is 27.8 Å². The molecular weight excluding hydrogens is 363 g/mol. The molecule has 1 N–H and O–H groups in total. The molecule has 2 aromatic rings. The number of ether oxygens (including phenoxy) is 2. The molecule has 5 nitrogen and oxygen atoms in total. The van der Waals surface area contributed by atoms with Gasteiger partial charge >= 0.3 is 0 Å². The SMILES string of the molecule is O=C(N[C@H](c1ccc2c(c1)OCCO2)C1CC1)c1nc(Cl)ccc1Cl. The molecule has 1 amide bonds. The van der Waals surface area contributed by atoms with Crippen LogP contribution in [-0.4, -0.2) is 24.1 Å². The Morgan fingerprint density at radius 1 is 1.12 bits per heavy atom. The van der Waals surface area contributed by atoms with Crippen molar-refractivity contribution in [1.82, 2.24) is 10.3 Å². The zero-order chi connectivity index (χ0) is 17.4. The van der Waals surface area contributed by atoms with Crippen molar-refractivity contribution in [3.63, 3.8) is 0 Å². The lowest BCUT2D eigenvalue weighted by Gasteiger charge is -2.23. The van der Waals surface area contributed by atoms with Crippen molar-refractivity contribution in [1.29, 1.82) is 0 Å². The zero-order valence-corrected chi connectivity index (χ0v) is 14.8. The summed E-state index contributed by atoms with van der Waals surface area (Å²) in [6.07, 6.45) is 2.13. The summed E-state index contributed by atoms with van der Waals surface area (Å²) in [5, 5.41) is 3.56. The van der Waals surface area contributed by atoms with Crippen molar-refractivity contribution in [2.24, 2.45) is 5.92 Å². The summed E-state index contributed by atoms with van der Waals surface area (Å²) >= 11 is 12.0. The zero-order valence-electron chi connectivity index (χ0n) is 13.3. The van der Waals surface area contributed by atoms with Crippen molar-refractivity contribution in [3.05, 3.63) is 51.8 Å². The molecule has 0 saturated heterocycles. The van der Waals surface area contributed by atoms with Crippen LogP contribution in [0.4, 0.5) is 0 Å². The molecule has 2 heterocycles. The number of rotatable bonds is 4. The number of nitrogens with one attached hydrogen (secondary N) is 1.